The molecule has 0 saturated heterocycles. The van der Waals surface area contributed by atoms with Crippen molar-refractivity contribution in [3.63, 3.8) is 0 Å². The molecule has 0 bridgehead atoms. The summed E-state index contributed by atoms with van der Waals surface area (Å²) in [4.78, 5) is 42.8. The predicted molar refractivity (Wildman–Crippen MR) is 106 cm³/mol. The van der Waals surface area contributed by atoms with E-state index in [1.165, 1.54) is 19.2 Å². The van der Waals surface area contributed by atoms with E-state index in [1.807, 2.05) is 24.3 Å². The van der Waals surface area contributed by atoms with E-state index in [2.05, 4.69) is 20.0 Å². The normalized spacial score (nSPS) is 10.3. The molecule has 3 rings (SSSR count). The van der Waals surface area contributed by atoms with Crippen molar-refractivity contribution in [1.29, 1.82) is 0 Å². The molecule has 1 heterocycles. The summed E-state index contributed by atoms with van der Waals surface area (Å²) in [5.74, 6) is 0.0932. The Morgan fingerprint density at radius 2 is 1.72 bits per heavy atom. The Morgan fingerprint density at radius 3 is 2.34 bits per heavy atom. The van der Waals surface area contributed by atoms with Gasteiger partial charge < -0.3 is 19.8 Å². The highest BCUT2D eigenvalue weighted by atomic mass is 16.5. The number of carbonyl (C=O) groups excluding carboxylic acids is 2. The van der Waals surface area contributed by atoms with Crippen molar-refractivity contribution in [2.45, 2.75) is 6.42 Å². The summed E-state index contributed by atoms with van der Waals surface area (Å²) in [6, 6.07) is 14.7. The molecule has 148 valence electrons. The average Bonchev–Trinajstić information content (AvgIpc) is 2.74. The zero-order chi connectivity index (χ0) is 20.8. The third kappa shape index (κ3) is 5.07. The summed E-state index contributed by atoms with van der Waals surface area (Å²) in [6.07, 6.45) is 0.355. The number of esters is 1. The minimum atomic E-state index is -0.530. The molecule has 0 aliphatic rings. The molecule has 8 heteroatoms. The molecule has 0 fully saturated rings. The van der Waals surface area contributed by atoms with E-state index < -0.39 is 17.4 Å². The second kappa shape index (κ2) is 8.83. The molecule has 0 atom stereocenters. The van der Waals surface area contributed by atoms with Crippen molar-refractivity contribution in [1.82, 2.24) is 9.97 Å². The second-order valence-corrected chi connectivity index (χ2v) is 6.13. The molecular weight excluding hydrogens is 374 g/mol. The fourth-order valence-corrected chi connectivity index (χ4v) is 2.65. The van der Waals surface area contributed by atoms with Gasteiger partial charge in [0.15, 0.2) is 0 Å². The fraction of sp³-hybridized carbons (Fsp3) is 0.143. The molecule has 0 unspecified atom stereocenters. The van der Waals surface area contributed by atoms with Crippen molar-refractivity contribution in [3.8, 4) is 5.75 Å². The molecule has 3 aromatic rings. The van der Waals surface area contributed by atoms with Crippen molar-refractivity contribution in [2.24, 2.45) is 0 Å². The number of carbonyl (C=O) groups is 2. The van der Waals surface area contributed by atoms with Crippen LogP contribution in [-0.4, -0.2) is 36.1 Å². The standard InChI is InChI=1S/C21H19N3O5/c1-28-16-9-3-13(4-10-16)11-18-23-17(12-19(25)24-18)20(26)22-15-7-5-14(6-8-15)21(27)29-2/h3-10,12H,11H2,1-2H3,(H,22,26)(H,23,24,25). The zero-order valence-electron chi connectivity index (χ0n) is 15.9. The highest BCUT2D eigenvalue weighted by Crippen LogP contribution is 2.14. The smallest absolute Gasteiger partial charge is 0.337 e. The van der Waals surface area contributed by atoms with Crippen molar-refractivity contribution < 1.29 is 19.1 Å². The van der Waals surface area contributed by atoms with Crippen LogP contribution in [-0.2, 0) is 11.2 Å². The Hall–Kier alpha value is -3.94. The molecule has 0 aliphatic heterocycles. The Balaban J connectivity index is 1.75. The van der Waals surface area contributed by atoms with Gasteiger partial charge in [-0.1, -0.05) is 12.1 Å². The van der Waals surface area contributed by atoms with E-state index in [0.717, 1.165) is 17.4 Å². The lowest BCUT2D eigenvalue weighted by Crippen LogP contribution is -2.20. The highest BCUT2D eigenvalue weighted by molar-refractivity contribution is 6.03. The minimum Gasteiger partial charge on any atom is -0.497 e. The third-order valence-electron chi connectivity index (χ3n) is 4.12. The van der Waals surface area contributed by atoms with Gasteiger partial charge in [0, 0.05) is 18.2 Å². The number of anilines is 1. The average molecular weight is 393 g/mol. The van der Waals surface area contributed by atoms with E-state index in [4.69, 9.17) is 4.74 Å². The van der Waals surface area contributed by atoms with Crippen LogP contribution in [0.3, 0.4) is 0 Å². The molecular formula is C21H19N3O5. The molecule has 0 saturated carbocycles. The second-order valence-electron chi connectivity index (χ2n) is 6.13. The van der Waals surface area contributed by atoms with Crippen LogP contribution in [0.5, 0.6) is 5.75 Å². The van der Waals surface area contributed by atoms with Crippen LogP contribution >= 0.6 is 0 Å². The monoisotopic (exact) mass is 393 g/mol. The van der Waals surface area contributed by atoms with Crippen LogP contribution in [0.1, 0.15) is 32.2 Å². The van der Waals surface area contributed by atoms with Crippen LogP contribution in [0.25, 0.3) is 0 Å². The molecule has 1 aromatic heterocycles. The molecule has 29 heavy (non-hydrogen) atoms. The summed E-state index contributed by atoms with van der Waals surface area (Å²) in [5.41, 5.74) is 1.30. The van der Waals surface area contributed by atoms with Crippen molar-refractivity contribution in [3.05, 3.63) is 87.6 Å². The maximum absolute atomic E-state index is 12.5. The number of aromatic nitrogens is 2. The first kappa shape index (κ1) is 19.8. The van der Waals surface area contributed by atoms with Gasteiger partial charge in [0.1, 0.15) is 17.3 Å². The molecule has 1 amide bonds. The van der Waals surface area contributed by atoms with E-state index in [9.17, 15) is 14.4 Å². The Labute approximate surface area is 166 Å². The molecule has 0 aliphatic carbocycles. The first-order valence-corrected chi connectivity index (χ1v) is 8.71. The van der Waals surface area contributed by atoms with E-state index in [0.29, 0.717) is 23.5 Å². The molecule has 0 radical (unpaired) electrons. The summed E-state index contributed by atoms with van der Waals surface area (Å²) in [5, 5.41) is 2.65. The quantitative estimate of drug-likeness (QED) is 0.622. The van der Waals surface area contributed by atoms with E-state index in [1.54, 1.807) is 19.2 Å². The van der Waals surface area contributed by atoms with Gasteiger partial charge in [-0.15, -0.1) is 0 Å². The van der Waals surface area contributed by atoms with Gasteiger partial charge in [0.2, 0.25) is 0 Å². The zero-order valence-corrected chi connectivity index (χ0v) is 15.9. The van der Waals surface area contributed by atoms with E-state index in [-0.39, 0.29) is 5.69 Å². The Morgan fingerprint density at radius 1 is 1.03 bits per heavy atom. The SMILES string of the molecule is COC(=O)c1ccc(NC(=O)c2cc(=O)[nH]c(Cc3ccc(OC)cc3)n2)cc1. The van der Waals surface area contributed by atoms with Crippen molar-refractivity contribution in [2.75, 3.05) is 19.5 Å². The van der Waals surface area contributed by atoms with Gasteiger partial charge in [0.25, 0.3) is 11.5 Å². The van der Waals surface area contributed by atoms with Crippen LogP contribution in [0, 0.1) is 0 Å². The van der Waals surface area contributed by atoms with Gasteiger partial charge >= 0.3 is 5.97 Å². The maximum Gasteiger partial charge on any atom is 0.337 e. The highest BCUT2D eigenvalue weighted by Gasteiger charge is 2.12. The Bertz CT molecular complexity index is 1070. The van der Waals surface area contributed by atoms with Crippen LogP contribution < -0.4 is 15.6 Å². The predicted octanol–water partition coefficient (Wildman–Crippen LogP) is 2.41. The largest absolute Gasteiger partial charge is 0.497 e. The van der Waals surface area contributed by atoms with Gasteiger partial charge in [-0.25, -0.2) is 9.78 Å². The molecule has 8 nitrogen and oxygen atoms in total. The third-order valence-corrected chi connectivity index (χ3v) is 4.12. The lowest BCUT2D eigenvalue weighted by Gasteiger charge is -2.07. The van der Waals surface area contributed by atoms with Crippen LogP contribution in [0.15, 0.2) is 59.4 Å². The fourth-order valence-electron chi connectivity index (χ4n) is 2.65. The number of benzene rings is 2. The summed E-state index contributed by atoms with van der Waals surface area (Å²) in [7, 11) is 2.87. The first-order chi connectivity index (χ1) is 14.0. The molecule has 2 N–H and O–H groups in total. The lowest BCUT2D eigenvalue weighted by atomic mass is 10.1. The van der Waals surface area contributed by atoms with Crippen molar-refractivity contribution >= 4 is 17.6 Å². The van der Waals surface area contributed by atoms with Crippen LogP contribution in [0.4, 0.5) is 5.69 Å². The first-order valence-electron chi connectivity index (χ1n) is 8.71. The number of ether oxygens (including phenoxy) is 2. The summed E-state index contributed by atoms with van der Waals surface area (Å²) < 4.78 is 9.75. The van der Waals surface area contributed by atoms with Crippen LogP contribution in [0.2, 0.25) is 0 Å². The number of H-pyrrole nitrogens is 1. The number of aromatic amines is 1. The van der Waals surface area contributed by atoms with Gasteiger partial charge in [-0.2, -0.15) is 0 Å². The number of nitrogens with zero attached hydrogens (tertiary/aromatic N) is 1. The maximum atomic E-state index is 12.5. The van der Waals surface area contributed by atoms with Gasteiger partial charge in [0.05, 0.1) is 19.8 Å². The van der Waals surface area contributed by atoms with Gasteiger partial charge in [-0.05, 0) is 42.0 Å². The summed E-state index contributed by atoms with van der Waals surface area (Å²) >= 11 is 0. The lowest BCUT2D eigenvalue weighted by molar-refractivity contribution is 0.0600. The van der Waals surface area contributed by atoms with E-state index >= 15 is 0 Å². The number of methoxy groups -OCH3 is 2. The molecule has 0 spiro atoms. The Kier molecular flexibility index (Phi) is 6.03. The minimum absolute atomic E-state index is 0.00527. The number of rotatable bonds is 6. The molecule has 2 aromatic carbocycles. The number of nitrogens with one attached hydrogen (secondary N) is 2. The number of hydrogen-bond acceptors (Lipinski definition) is 6. The van der Waals surface area contributed by atoms with Gasteiger partial charge in [-0.3, -0.25) is 9.59 Å². The summed E-state index contributed by atoms with van der Waals surface area (Å²) in [6.45, 7) is 0. The topological polar surface area (TPSA) is 110 Å². The number of amides is 1. The number of hydrogen-bond donors (Lipinski definition) is 2.